The molecule has 2 unspecified atom stereocenters. The Hall–Kier alpha value is -0.640. The van der Waals surface area contributed by atoms with E-state index in [0.717, 1.165) is 25.9 Å². The van der Waals surface area contributed by atoms with Crippen molar-refractivity contribution in [1.82, 2.24) is 10.7 Å². The van der Waals surface area contributed by atoms with Gasteiger partial charge in [0.15, 0.2) is 0 Å². The van der Waals surface area contributed by atoms with Gasteiger partial charge in [0.2, 0.25) is 0 Å². The van der Waals surface area contributed by atoms with Crippen LogP contribution >= 0.6 is 0 Å². The van der Waals surface area contributed by atoms with E-state index in [1.54, 1.807) is 5.57 Å². The molecule has 0 radical (unpaired) electrons. The van der Waals surface area contributed by atoms with Crippen LogP contribution in [0.1, 0.15) is 12.8 Å². The minimum absolute atomic E-state index is 0.604. The van der Waals surface area contributed by atoms with Crippen molar-refractivity contribution in [3.63, 3.8) is 0 Å². The second-order valence-electron chi connectivity index (χ2n) is 3.73. The summed E-state index contributed by atoms with van der Waals surface area (Å²) in [7, 11) is 0. The van der Waals surface area contributed by atoms with E-state index >= 15 is 0 Å². The number of hydrazine groups is 1. The van der Waals surface area contributed by atoms with Gasteiger partial charge in [-0.25, -0.2) is 0 Å². The van der Waals surface area contributed by atoms with E-state index in [-0.39, 0.29) is 0 Å². The fraction of sp³-hybridized carbons (Fsp3) is 0.600. The Morgan fingerprint density at radius 1 is 1.62 bits per heavy atom. The molecule has 3 nitrogen and oxygen atoms in total. The molecule has 0 amide bonds. The van der Waals surface area contributed by atoms with Crippen LogP contribution in [0, 0.1) is 5.92 Å². The summed E-state index contributed by atoms with van der Waals surface area (Å²) in [5.74, 6) is 5.96. The van der Waals surface area contributed by atoms with E-state index in [1.165, 1.54) is 0 Å². The van der Waals surface area contributed by atoms with Gasteiger partial charge in [0.1, 0.15) is 0 Å². The Balaban J connectivity index is 1.97. The summed E-state index contributed by atoms with van der Waals surface area (Å²) in [4.78, 5) is 0. The van der Waals surface area contributed by atoms with E-state index in [4.69, 9.17) is 5.84 Å². The summed E-state index contributed by atoms with van der Waals surface area (Å²) in [5.41, 5.74) is 4.28. The lowest BCUT2D eigenvalue weighted by atomic mass is 9.91. The van der Waals surface area contributed by atoms with Gasteiger partial charge in [-0.05, 0) is 24.3 Å². The van der Waals surface area contributed by atoms with Gasteiger partial charge in [-0.3, -0.25) is 11.3 Å². The van der Waals surface area contributed by atoms with Crippen LogP contribution < -0.4 is 16.6 Å². The summed E-state index contributed by atoms with van der Waals surface area (Å²) < 4.78 is 0. The molecule has 1 aliphatic carbocycles. The van der Waals surface area contributed by atoms with Gasteiger partial charge in [0, 0.05) is 19.1 Å². The molecule has 0 aromatic rings. The van der Waals surface area contributed by atoms with Crippen molar-refractivity contribution < 1.29 is 0 Å². The molecule has 1 fully saturated rings. The van der Waals surface area contributed by atoms with Gasteiger partial charge in [-0.2, -0.15) is 0 Å². The maximum absolute atomic E-state index is 5.27. The Bertz CT molecular complexity index is 232. The molecule has 0 saturated carbocycles. The van der Waals surface area contributed by atoms with E-state index in [1.807, 2.05) is 0 Å². The van der Waals surface area contributed by atoms with Gasteiger partial charge < -0.3 is 5.32 Å². The molecule has 2 atom stereocenters. The highest BCUT2D eigenvalue weighted by atomic mass is 15.2. The first-order valence-corrected chi connectivity index (χ1v) is 4.95. The molecule has 4 N–H and O–H groups in total. The summed E-state index contributed by atoms with van der Waals surface area (Å²) in [6, 6.07) is 0.604. The zero-order valence-corrected chi connectivity index (χ0v) is 7.79. The average Bonchev–Trinajstić information content (AvgIpc) is 2.58. The van der Waals surface area contributed by atoms with Crippen LogP contribution in [-0.4, -0.2) is 19.1 Å². The number of allylic oxidation sites excluding steroid dienone is 2. The molecule has 0 bridgehead atoms. The fourth-order valence-electron chi connectivity index (χ4n) is 2.20. The highest BCUT2D eigenvalue weighted by Gasteiger charge is 2.28. The molecule has 0 aromatic carbocycles. The summed E-state index contributed by atoms with van der Waals surface area (Å²) in [6.07, 6.45) is 8.94. The summed E-state index contributed by atoms with van der Waals surface area (Å²) >= 11 is 0. The summed E-state index contributed by atoms with van der Waals surface area (Å²) in [5, 5.41) is 3.53. The summed E-state index contributed by atoms with van der Waals surface area (Å²) in [6.45, 7) is 2.01. The zero-order valence-electron chi connectivity index (χ0n) is 7.79. The third kappa shape index (κ3) is 1.82. The quantitative estimate of drug-likeness (QED) is 0.432. The predicted molar refractivity (Wildman–Crippen MR) is 53.9 cm³/mol. The molecule has 1 saturated heterocycles. The van der Waals surface area contributed by atoms with Crippen molar-refractivity contribution in [3.8, 4) is 0 Å². The smallest absolute Gasteiger partial charge is 0.0320 e. The molecule has 1 heterocycles. The van der Waals surface area contributed by atoms with E-state index in [0.29, 0.717) is 12.0 Å². The van der Waals surface area contributed by atoms with Crippen molar-refractivity contribution in [3.05, 3.63) is 23.8 Å². The molecular weight excluding hydrogens is 162 g/mol. The number of nitrogens with two attached hydrogens (primary N) is 1. The normalized spacial score (nSPS) is 31.6. The second kappa shape index (κ2) is 4.05. The predicted octanol–water partition coefficient (Wildman–Crippen LogP) is 0.314. The lowest BCUT2D eigenvalue weighted by molar-refractivity contribution is 0.556. The van der Waals surface area contributed by atoms with Crippen molar-refractivity contribution in [2.45, 2.75) is 18.9 Å². The molecule has 72 valence electrons. The minimum atomic E-state index is 0.604. The van der Waals surface area contributed by atoms with Crippen molar-refractivity contribution in [2.75, 3.05) is 13.1 Å². The molecule has 13 heavy (non-hydrogen) atoms. The van der Waals surface area contributed by atoms with E-state index in [9.17, 15) is 0 Å². The maximum Gasteiger partial charge on any atom is 0.0320 e. The van der Waals surface area contributed by atoms with Gasteiger partial charge in [0.05, 0.1) is 0 Å². The molecular formula is C10H17N3. The first-order valence-electron chi connectivity index (χ1n) is 4.95. The van der Waals surface area contributed by atoms with Crippen LogP contribution in [0.15, 0.2) is 23.8 Å². The zero-order chi connectivity index (χ0) is 9.10. The molecule has 2 rings (SSSR count). The SMILES string of the molecule is NNCCC1CNC2CC=CC=C12. The average molecular weight is 179 g/mol. The Morgan fingerprint density at radius 2 is 2.54 bits per heavy atom. The van der Waals surface area contributed by atoms with Crippen LogP contribution in [0.3, 0.4) is 0 Å². The highest BCUT2D eigenvalue weighted by Crippen LogP contribution is 2.28. The molecule has 2 aliphatic rings. The van der Waals surface area contributed by atoms with E-state index in [2.05, 4.69) is 29.0 Å². The van der Waals surface area contributed by atoms with Crippen LogP contribution in [0.2, 0.25) is 0 Å². The lowest BCUT2D eigenvalue weighted by Gasteiger charge is -2.16. The standard InChI is InChI=1S/C10H17N3/c11-13-6-5-8-7-12-10-4-2-1-3-9(8)10/h1-3,8,10,12-13H,4-7,11H2. The van der Waals surface area contributed by atoms with Gasteiger partial charge in [0.25, 0.3) is 0 Å². The van der Waals surface area contributed by atoms with Gasteiger partial charge in [-0.1, -0.05) is 18.2 Å². The number of hydrogen-bond donors (Lipinski definition) is 3. The number of hydrogen-bond acceptors (Lipinski definition) is 3. The fourth-order valence-corrected chi connectivity index (χ4v) is 2.20. The van der Waals surface area contributed by atoms with Crippen LogP contribution in [0.4, 0.5) is 0 Å². The van der Waals surface area contributed by atoms with Crippen LogP contribution in [0.5, 0.6) is 0 Å². The highest BCUT2D eigenvalue weighted by molar-refractivity contribution is 5.29. The van der Waals surface area contributed by atoms with Crippen LogP contribution in [-0.2, 0) is 0 Å². The van der Waals surface area contributed by atoms with E-state index < -0.39 is 0 Å². The van der Waals surface area contributed by atoms with Crippen molar-refractivity contribution >= 4 is 0 Å². The monoisotopic (exact) mass is 179 g/mol. The molecule has 1 aliphatic heterocycles. The minimum Gasteiger partial charge on any atom is -0.309 e. The Kier molecular flexibility index (Phi) is 2.78. The van der Waals surface area contributed by atoms with Crippen LogP contribution in [0.25, 0.3) is 0 Å². The molecule has 0 aromatic heterocycles. The second-order valence-corrected chi connectivity index (χ2v) is 3.73. The van der Waals surface area contributed by atoms with Crippen molar-refractivity contribution in [1.29, 1.82) is 0 Å². The van der Waals surface area contributed by atoms with Gasteiger partial charge >= 0.3 is 0 Å². The first kappa shape index (κ1) is 8.94. The number of fused-ring (bicyclic) bond motifs is 1. The number of rotatable bonds is 3. The molecule has 3 heteroatoms. The largest absolute Gasteiger partial charge is 0.309 e. The molecule has 0 spiro atoms. The lowest BCUT2D eigenvalue weighted by Crippen LogP contribution is -2.25. The third-order valence-electron chi connectivity index (χ3n) is 2.92. The first-order chi connectivity index (χ1) is 6.42. The maximum atomic E-state index is 5.27. The number of nitrogens with one attached hydrogen (secondary N) is 2. The Labute approximate surface area is 79.0 Å². The van der Waals surface area contributed by atoms with Crippen molar-refractivity contribution in [2.24, 2.45) is 11.8 Å². The third-order valence-corrected chi connectivity index (χ3v) is 2.92. The Morgan fingerprint density at radius 3 is 3.38 bits per heavy atom. The van der Waals surface area contributed by atoms with Gasteiger partial charge in [-0.15, -0.1) is 0 Å². The topological polar surface area (TPSA) is 50.1 Å².